The predicted octanol–water partition coefficient (Wildman–Crippen LogP) is 1.79. The molecule has 6 nitrogen and oxygen atoms in total. The third-order valence-corrected chi connectivity index (χ3v) is 3.46. The molecule has 0 unspecified atom stereocenters. The molecule has 0 radical (unpaired) electrons. The third kappa shape index (κ3) is 3.71. The van der Waals surface area contributed by atoms with Gasteiger partial charge in [-0.3, -0.25) is 9.59 Å². The predicted molar refractivity (Wildman–Crippen MR) is 68.0 cm³/mol. The Bertz CT molecular complexity index is 604. The summed E-state index contributed by atoms with van der Waals surface area (Å²) < 4.78 is 37.9. The van der Waals surface area contributed by atoms with Crippen LogP contribution in [-0.2, 0) is 11.0 Å². The van der Waals surface area contributed by atoms with Crippen molar-refractivity contribution in [1.29, 1.82) is 0 Å². The minimum atomic E-state index is -4.73. The number of alkyl halides is 3. The summed E-state index contributed by atoms with van der Waals surface area (Å²) in [5.74, 6) is -3.60. The first-order chi connectivity index (χ1) is 10.2. The van der Waals surface area contributed by atoms with E-state index in [1.54, 1.807) is 0 Å². The highest BCUT2D eigenvalue weighted by molar-refractivity contribution is 5.92. The van der Waals surface area contributed by atoms with Gasteiger partial charge in [0.25, 0.3) is 5.91 Å². The number of aromatic nitrogens is 2. The topological polar surface area (TPSA) is 92.2 Å². The van der Waals surface area contributed by atoms with Crippen molar-refractivity contribution in [2.45, 2.75) is 38.4 Å². The average Bonchev–Trinajstić information content (AvgIpc) is 2.85. The van der Waals surface area contributed by atoms with Gasteiger partial charge in [-0.05, 0) is 32.3 Å². The van der Waals surface area contributed by atoms with Crippen molar-refractivity contribution in [2.75, 3.05) is 0 Å². The minimum Gasteiger partial charge on any atom is -0.481 e. The van der Waals surface area contributed by atoms with Crippen molar-refractivity contribution in [3.05, 3.63) is 23.3 Å². The molecule has 2 rings (SSSR count). The van der Waals surface area contributed by atoms with Crippen LogP contribution in [-0.4, -0.2) is 33.0 Å². The molecule has 9 heteroatoms. The lowest BCUT2D eigenvalue weighted by Crippen LogP contribution is -2.34. The van der Waals surface area contributed by atoms with Crippen LogP contribution in [0.15, 0.2) is 6.07 Å². The van der Waals surface area contributed by atoms with Gasteiger partial charge in [0.1, 0.15) is 5.69 Å². The molecule has 1 fully saturated rings. The van der Waals surface area contributed by atoms with Crippen LogP contribution in [0.3, 0.4) is 0 Å². The maximum absolute atomic E-state index is 12.6. The Labute approximate surface area is 123 Å². The number of aliphatic carboxylic acids is 1. The fourth-order valence-corrected chi connectivity index (χ4v) is 2.41. The lowest BCUT2D eigenvalue weighted by molar-refractivity contribution is -0.145. The molecule has 0 spiro atoms. The van der Waals surface area contributed by atoms with E-state index in [9.17, 15) is 22.8 Å². The van der Waals surface area contributed by atoms with Gasteiger partial charge in [-0.15, -0.1) is 0 Å². The lowest BCUT2D eigenvalue weighted by atomic mass is 10.1. The summed E-state index contributed by atoms with van der Waals surface area (Å²) in [5.41, 5.74) is -0.346. The summed E-state index contributed by atoms with van der Waals surface area (Å²) in [6.07, 6.45) is -3.57. The zero-order valence-electron chi connectivity index (χ0n) is 11.6. The first-order valence-corrected chi connectivity index (χ1v) is 6.63. The van der Waals surface area contributed by atoms with E-state index >= 15 is 0 Å². The first-order valence-electron chi connectivity index (χ1n) is 6.63. The third-order valence-electron chi connectivity index (χ3n) is 3.46. The number of halogens is 3. The van der Waals surface area contributed by atoms with Crippen LogP contribution < -0.4 is 5.32 Å². The molecule has 2 atom stereocenters. The molecule has 120 valence electrons. The van der Waals surface area contributed by atoms with E-state index in [2.05, 4.69) is 15.3 Å². The molecule has 0 bridgehead atoms. The molecule has 2 N–H and O–H groups in total. The zero-order valence-corrected chi connectivity index (χ0v) is 11.6. The molecule has 1 aliphatic carbocycles. The fourth-order valence-electron chi connectivity index (χ4n) is 2.41. The van der Waals surface area contributed by atoms with Crippen LogP contribution in [0.25, 0.3) is 0 Å². The smallest absolute Gasteiger partial charge is 0.451 e. The highest BCUT2D eigenvalue weighted by atomic mass is 19.4. The summed E-state index contributed by atoms with van der Waals surface area (Å²) in [6, 6.07) is 0.784. The largest absolute Gasteiger partial charge is 0.481 e. The van der Waals surface area contributed by atoms with E-state index in [-0.39, 0.29) is 23.9 Å². The summed E-state index contributed by atoms with van der Waals surface area (Å²) in [7, 11) is 0. The monoisotopic (exact) mass is 317 g/mol. The van der Waals surface area contributed by atoms with E-state index < -0.39 is 29.8 Å². The number of rotatable bonds is 3. The maximum atomic E-state index is 12.6. The standard InChI is InChI=1S/C13H14F3N3O3/c1-6-4-9(19-12(17-6)13(14,15)16)10(20)18-8-3-2-7(5-8)11(21)22/h4,7-8H,2-3,5H2,1H3,(H,18,20)(H,21,22)/t7-,8+/m0/s1. The van der Waals surface area contributed by atoms with Gasteiger partial charge in [-0.25, -0.2) is 9.97 Å². The van der Waals surface area contributed by atoms with E-state index in [0.29, 0.717) is 12.8 Å². The van der Waals surface area contributed by atoms with Crippen LogP contribution in [0.1, 0.15) is 41.3 Å². The molecule has 1 amide bonds. The van der Waals surface area contributed by atoms with Gasteiger partial charge in [-0.2, -0.15) is 13.2 Å². The number of carboxylic acid groups (broad SMARTS) is 1. The summed E-state index contributed by atoms with van der Waals surface area (Å²) in [4.78, 5) is 29.3. The molecule has 1 aromatic rings. The second kappa shape index (κ2) is 5.90. The van der Waals surface area contributed by atoms with Gasteiger partial charge in [0.2, 0.25) is 5.82 Å². The molecule has 0 saturated heterocycles. The summed E-state index contributed by atoms with van der Waals surface area (Å²) >= 11 is 0. The summed E-state index contributed by atoms with van der Waals surface area (Å²) in [6.45, 7) is 1.34. The molecule has 1 saturated carbocycles. The van der Waals surface area contributed by atoms with Crippen LogP contribution in [0.2, 0.25) is 0 Å². The van der Waals surface area contributed by atoms with Crippen LogP contribution in [0.4, 0.5) is 13.2 Å². The molecule has 0 aromatic carbocycles. The number of carboxylic acids is 1. The number of amides is 1. The van der Waals surface area contributed by atoms with Gasteiger partial charge < -0.3 is 10.4 Å². The van der Waals surface area contributed by atoms with Crippen molar-refractivity contribution < 1.29 is 27.9 Å². The van der Waals surface area contributed by atoms with E-state index in [1.807, 2.05) is 0 Å². The average molecular weight is 317 g/mol. The second-order valence-electron chi connectivity index (χ2n) is 5.23. The second-order valence-corrected chi connectivity index (χ2v) is 5.23. The Kier molecular flexibility index (Phi) is 4.34. The molecule has 1 aliphatic rings. The molecule has 1 heterocycles. The number of hydrogen-bond acceptors (Lipinski definition) is 4. The zero-order chi connectivity index (χ0) is 16.5. The van der Waals surface area contributed by atoms with Crippen molar-refractivity contribution in [3.8, 4) is 0 Å². The van der Waals surface area contributed by atoms with Crippen molar-refractivity contribution >= 4 is 11.9 Å². The normalized spacial score (nSPS) is 21.6. The molecule has 0 aliphatic heterocycles. The number of aryl methyl sites for hydroxylation is 1. The molecular formula is C13H14F3N3O3. The van der Waals surface area contributed by atoms with E-state index in [0.717, 1.165) is 6.07 Å². The van der Waals surface area contributed by atoms with Crippen LogP contribution in [0.5, 0.6) is 0 Å². The van der Waals surface area contributed by atoms with Crippen LogP contribution in [0, 0.1) is 12.8 Å². The van der Waals surface area contributed by atoms with Crippen molar-refractivity contribution in [3.63, 3.8) is 0 Å². The Balaban J connectivity index is 2.10. The van der Waals surface area contributed by atoms with Crippen LogP contribution >= 0.6 is 0 Å². The number of carbonyl (C=O) groups excluding carboxylic acids is 1. The van der Waals surface area contributed by atoms with Gasteiger partial charge in [0.15, 0.2) is 0 Å². The lowest BCUT2D eigenvalue weighted by Gasteiger charge is -2.13. The van der Waals surface area contributed by atoms with Crippen molar-refractivity contribution in [2.24, 2.45) is 5.92 Å². The maximum Gasteiger partial charge on any atom is 0.451 e. The number of nitrogens with zero attached hydrogens (tertiary/aromatic N) is 2. The number of hydrogen-bond donors (Lipinski definition) is 2. The Hall–Kier alpha value is -2.19. The Morgan fingerprint density at radius 1 is 1.32 bits per heavy atom. The number of nitrogens with one attached hydrogen (secondary N) is 1. The Morgan fingerprint density at radius 2 is 2.00 bits per heavy atom. The number of carbonyl (C=O) groups is 2. The van der Waals surface area contributed by atoms with Gasteiger partial charge in [0.05, 0.1) is 5.92 Å². The fraction of sp³-hybridized carbons (Fsp3) is 0.538. The van der Waals surface area contributed by atoms with Crippen molar-refractivity contribution in [1.82, 2.24) is 15.3 Å². The quantitative estimate of drug-likeness (QED) is 0.886. The van der Waals surface area contributed by atoms with E-state index in [1.165, 1.54) is 6.92 Å². The Morgan fingerprint density at radius 3 is 2.55 bits per heavy atom. The van der Waals surface area contributed by atoms with Gasteiger partial charge in [0, 0.05) is 11.7 Å². The highest BCUT2D eigenvalue weighted by Gasteiger charge is 2.36. The highest BCUT2D eigenvalue weighted by Crippen LogP contribution is 2.27. The molecule has 1 aromatic heterocycles. The van der Waals surface area contributed by atoms with Gasteiger partial charge >= 0.3 is 12.1 Å². The van der Waals surface area contributed by atoms with Gasteiger partial charge in [-0.1, -0.05) is 0 Å². The summed E-state index contributed by atoms with van der Waals surface area (Å²) in [5, 5.41) is 11.4. The first kappa shape index (κ1) is 16.2. The minimum absolute atomic E-state index is 0.0299. The SMILES string of the molecule is Cc1cc(C(=O)N[C@@H]2CC[C@H](C(=O)O)C2)nc(C(F)(F)F)n1. The van der Waals surface area contributed by atoms with E-state index in [4.69, 9.17) is 5.11 Å². The molecular weight excluding hydrogens is 303 g/mol. The molecule has 22 heavy (non-hydrogen) atoms.